The molecule has 0 rings (SSSR count). The van der Waals surface area contributed by atoms with E-state index in [1.54, 1.807) is 19.0 Å². The number of ether oxygens (including phenoxy) is 3. The summed E-state index contributed by atoms with van der Waals surface area (Å²) in [5, 5.41) is 0. The van der Waals surface area contributed by atoms with Gasteiger partial charge >= 0.3 is 17.9 Å². The lowest BCUT2D eigenvalue weighted by Gasteiger charge is -2.19. The molecule has 0 fully saturated rings. The molecule has 7 nitrogen and oxygen atoms in total. The van der Waals surface area contributed by atoms with Gasteiger partial charge in [-0.25, -0.2) is 0 Å². The number of unbranched alkanes of at least 4 members (excludes halogenated alkanes) is 22. The van der Waals surface area contributed by atoms with E-state index in [2.05, 4.69) is 38.2 Å². The fraction of sp³-hybridized carbons (Fsp3) is 0.837. The maximum absolute atomic E-state index is 12.6. The SMILES string of the molecule is CCCCCCCC/C=C\CCCCCCCC(=O)OC[C@H](COC(=O)CN(C)C)OC(=O)CCCCCCC/C=C\CCCCCCCC. The fourth-order valence-corrected chi connectivity index (χ4v) is 5.79. The minimum Gasteiger partial charge on any atom is -0.462 e. The molecule has 0 saturated heterocycles. The molecule has 0 unspecified atom stereocenters. The van der Waals surface area contributed by atoms with Crippen molar-refractivity contribution in [1.82, 2.24) is 4.90 Å². The highest BCUT2D eigenvalue weighted by Crippen LogP contribution is 2.13. The zero-order chi connectivity index (χ0) is 36.8. The van der Waals surface area contributed by atoms with Crippen molar-refractivity contribution in [2.24, 2.45) is 0 Å². The van der Waals surface area contributed by atoms with Crippen molar-refractivity contribution in [2.75, 3.05) is 33.9 Å². The van der Waals surface area contributed by atoms with Crippen molar-refractivity contribution < 1.29 is 28.6 Å². The van der Waals surface area contributed by atoms with Gasteiger partial charge in [0, 0.05) is 12.8 Å². The molecular weight excluding hydrogens is 626 g/mol. The molecule has 0 bridgehead atoms. The highest BCUT2D eigenvalue weighted by Gasteiger charge is 2.19. The summed E-state index contributed by atoms with van der Waals surface area (Å²) in [6.45, 7) is 4.42. The third kappa shape index (κ3) is 37.1. The van der Waals surface area contributed by atoms with E-state index in [0.717, 1.165) is 57.8 Å². The monoisotopic (exact) mass is 706 g/mol. The van der Waals surface area contributed by atoms with Crippen LogP contribution in [0.2, 0.25) is 0 Å². The largest absolute Gasteiger partial charge is 0.462 e. The molecule has 0 heterocycles. The van der Waals surface area contributed by atoms with Crippen LogP contribution in [0.5, 0.6) is 0 Å². The van der Waals surface area contributed by atoms with Gasteiger partial charge in [-0.1, -0.05) is 141 Å². The van der Waals surface area contributed by atoms with E-state index >= 15 is 0 Å². The molecule has 0 aromatic heterocycles. The standard InChI is InChI=1S/C43H79NO6/c1-5-7-9-11-13-15-17-19-21-23-25-27-29-31-33-35-41(45)48-38-40(39-49-43(47)37-44(3)4)50-42(46)36-34-32-30-28-26-24-22-20-18-16-14-12-10-8-6-2/h19-22,40H,5-18,23-39H2,1-4H3/b21-19-,22-20-/t40-/m1/s1. The minimum atomic E-state index is -0.796. The summed E-state index contributed by atoms with van der Waals surface area (Å²) in [6, 6.07) is 0. The van der Waals surface area contributed by atoms with E-state index in [1.165, 1.54) is 109 Å². The topological polar surface area (TPSA) is 82.1 Å². The van der Waals surface area contributed by atoms with Crippen molar-refractivity contribution in [3.63, 3.8) is 0 Å². The molecule has 0 aromatic rings. The van der Waals surface area contributed by atoms with Gasteiger partial charge in [0.2, 0.25) is 0 Å². The molecule has 50 heavy (non-hydrogen) atoms. The first-order valence-electron chi connectivity index (χ1n) is 20.8. The Morgan fingerprint density at radius 1 is 0.460 bits per heavy atom. The van der Waals surface area contributed by atoms with Gasteiger partial charge in [0.25, 0.3) is 0 Å². The average molecular weight is 706 g/mol. The van der Waals surface area contributed by atoms with E-state index in [-0.39, 0.29) is 31.7 Å². The van der Waals surface area contributed by atoms with Crippen LogP contribution in [0.15, 0.2) is 24.3 Å². The summed E-state index contributed by atoms with van der Waals surface area (Å²) in [5.74, 6) is -1.06. The van der Waals surface area contributed by atoms with Gasteiger partial charge in [-0.15, -0.1) is 0 Å². The average Bonchev–Trinajstić information content (AvgIpc) is 3.09. The van der Waals surface area contributed by atoms with Crippen molar-refractivity contribution in [2.45, 2.75) is 200 Å². The normalized spacial score (nSPS) is 12.3. The van der Waals surface area contributed by atoms with Gasteiger partial charge in [-0.05, 0) is 78.3 Å². The number of hydrogen-bond acceptors (Lipinski definition) is 7. The van der Waals surface area contributed by atoms with Gasteiger partial charge in [-0.3, -0.25) is 19.3 Å². The molecule has 0 N–H and O–H groups in total. The number of carbonyl (C=O) groups excluding carboxylic acids is 3. The highest BCUT2D eigenvalue weighted by molar-refractivity contribution is 5.72. The van der Waals surface area contributed by atoms with Crippen LogP contribution < -0.4 is 0 Å². The smallest absolute Gasteiger partial charge is 0.320 e. The van der Waals surface area contributed by atoms with Gasteiger partial charge < -0.3 is 14.2 Å². The van der Waals surface area contributed by atoms with Crippen molar-refractivity contribution in [1.29, 1.82) is 0 Å². The highest BCUT2D eigenvalue weighted by atomic mass is 16.6. The zero-order valence-corrected chi connectivity index (χ0v) is 33.2. The molecular formula is C43H79NO6. The Kier molecular flexibility index (Phi) is 36.5. The van der Waals surface area contributed by atoms with Crippen LogP contribution in [0.1, 0.15) is 194 Å². The van der Waals surface area contributed by atoms with Gasteiger partial charge in [0.15, 0.2) is 6.10 Å². The third-order valence-electron chi connectivity index (χ3n) is 8.89. The number of esters is 3. The minimum absolute atomic E-state index is 0.0999. The molecule has 0 radical (unpaired) electrons. The Bertz CT molecular complexity index is 839. The lowest BCUT2D eigenvalue weighted by atomic mass is 10.1. The number of rotatable bonds is 37. The first-order chi connectivity index (χ1) is 24.4. The summed E-state index contributed by atoms with van der Waals surface area (Å²) in [5.41, 5.74) is 0. The van der Waals surface area contributed by atoms with E-state index < -0.39 is 12.1 Å². The molecule has 292 valence electrons. The van der Waals surface area contributed by atoms with Crippen molar-refractivity contribution in [3.05, 3.63) is 24.3 Å². The third-order valence-corrected chi connectivity index (χ3v) is 8.89. The number of allylic oxidation sites excluding steroid dienone is 4. The molecule has 0 aliphatic carbocycles. The summed E-state index contributed by atoms with van der Waals surface area (Å²) in [7, 11) is 3.56. The number of carbonyl (C=O) groups is 3. The molecule has 0 spiro atoms. The van der Waals surface area contributed by atoms with Crippen LogP contribution in [0.4, 0.5) is 0 Å². The molecule has 1 atom stereocenters. The molecule has 7 heteroatoms. The first-order valence-corrected chi connectivity index (χ1v) is 20.8. The number of nitrogens with zero attached hydrogens (tertiary/aromatic N) is 1. The molecule has 0 aromatic carbocycles. The summed E-state index contributed by atoms with van der Waals surface area (Å²) in [6.07, 6.45) is 40.4. The van der Waals surface area contributed by atoms with Gasteiger partial charge in [0.05, 0.1) is 6.54 Å². The molecule has 0 aliphatic heterocycles. The summed E-state index contributed by atoms with van der Waals surface area (Å²) >= 11 is 0. The van der Waals surface area contributed by atoms with Crippen LogP contribution in [-0.4, -0.2) is 62.8 Å². The maximum atomic E-state index is 12.6. The van der Waals surface area contributed by atoms with E-state index in [9.17, 15) is 14.4 Å². The quantitative estimate of drug-likeness (QED) is 0.0275. The molecule has 0 saturated carbocycles. The molecule has 0 aliphatic rings. The number of hydrogen-bond donors (Lipinski definition) is 0. The summed E-state index contributed by atoms with van der Waals surface area (Å²) in [4.78, 5) is 38.7. The second-order valence-electron chi connectivity index (χ2n) is 14.4. The van der Waals surface area contributed by atoms with Crippen LogP contribution in [0, 0.1) is 0 Å². The first kappa shape index (κ1) is 47.8. The van der Waals surface area contributed by atoms with Crippen LogP contribution >= 0.6 is 0 Å². The summed E-state index contributed by atoms with van der Waals surface area (Å²) < 4.78 is 16.3. The van der Waals surface area contributed by atoms with Crippen molar-refractivity contribution in [3.8, 4) is 0 Å². The molecule has 0 amide bonds. The second kappa shape index (κ2) is 38.1. The van der Waals surface area contributed by atoms with E-state index in [0.29, 0.717) is 12.8 Å². The lowest BCUT2D eigenvalue weighted by molar-refractivity contribution is -0.167. The Morgan fingerprint density at radius 2 is 0.800 bits per heavy atom. The Balaban J connectivity index is 4.10. The van der Waals surface area contributed by atoms with Crippen LogP contribution in [0.3, 0.4) is 0 Å². The lowest BCUT2D eigenvalue weighted by Crippen LogP contribution is -2.33. The maximum Gasteiger partial charge on any atom is 0.320 e. The van der Waals surface area contributed by atoms with E-state index in [1.807, 2.05) is 0 Å². The Morgan fingerprint density at radius 3 is 1.20 bits per heavy atom. The van der Waals surface area contributed by atoms with E-state index in [4.69, 9.17) is 14.2 Å². The zero-order valence-electron chi connectivity index (χ0n) is 33.2. The fourth-order valence-electron chi connectivity index (χ4n) is 5.79. The predicted molar refractivity (Wildman–Crippen MR) is 209 cm³/mol. The van der Waals surface area contributed by atoms with Crippen molar-refractivity contribution >= 4 is 17.9 Å². The van der Waals surface area contributed by atoms with Gasteiger partial charge in [-0.2, -0.15) is 0 Å². The number of likely N-dealkylation sites (N-methyl/N-ethyl adjacent to an activating group) is 1. The Hall–Kier alpha value is -2.15. The Labute approximate surface area is 308 Å². The predicted octanol–water partition coefficient (Wildman–Crippen LogP) is 11.6. The van der Waals surface area contributed by atoms with Gasteiger partial charge in [0.1, 0.15) is 13.2 Å². The van der Waals surface area contributed by atoms with Crippen LogP contribution in [0.25, 0.3) is 0 Å². The van der Waals surface area contributed by atoms with Crippen LogP contribution in [-0.2, 0) is 28.6 Å². The second-order valence-corrected chi connectivity index (χ2v) is 14.4.